The van der Waals surface area contributed by atoms with Crippen molar-refractivity contribution < 1.29 is 14.2 Å². The normalized spacial score (nSPS) is 14.3. The maximum Gasteiger partial charge on any atom is 0.231 e. The first-order valence-electron chi connectivity index (χ1n) is 7.04. The van der Waals surface area contributed by atoms with Crippen molar-refractivity contribution in [3.8, 4) is 17.2 Å². The highest BCUT2D eigenvalue weighted by Crippen LogP contribution is 2.38. The molecule has 0 saturated carbocycles. The molecule has 2 N–H and O–H groups in total. The quantitative estimate of drug-likeness (QED) is 0.748. The zero-order valence-electron chi connectivity index (χ0n) is 12.2. The van der Waals surface area contributed by atoms with Crippen molar-refractivity contribution in [2.24, 2.45) is 5.73 Å². The zero-order chi connectivity index (χ0) is 14.4. The number of thioether (sulfide) groups is 1. The van der Waals surface area contributed by atoms with E-state index in [9.17, 15) is 0 Å². The Bertz CT molecular complexity index is 439. The van der Waals surface area contributed by atoms with E-state index in [1.807, 2.05) is 23.9 Å². The summed E-state index contributed by atoms with van der Waals surface area (Å²) in [5.74, 6) is 3.53. The fourth-order valence-electron chi connectivity index (χ4n) is 2.07. The van der Waals surface area contributed by atoms with Crippen LogP contribution in [0.3, 0.4) is 0 Å². The molecule has 0 amide bonds. The Morgan fingerprint density at radius 2 is 2.10 bits per heavy atom. The summed E-state index contributed by atoms with van der Waals surface area (Å²) in [6, 6.07) is 4.07. The van der Waals surface area contributed by atoms with Gasteiger partial charge in [-0.05, 0) is 42.9 Å². The highest BCUT2D eigenvalue weighted by atomic mass is 32.2. The largest absolute Gasteiger partial charge is 0.493 e. The maximum atomic E-state index is 6.06. The minimum absolute atomic E-state index is 0.143. The molecular formula is C15H23NO3S. The van der Waals surface area contributed by atoms with Gasteiger partial charge in [0.15, 0.2) is 11.5 Å². The second-order valence-corrected chi connectivity index (χ2v) is 5.87. The average Bonchev–Trinajstić information content (AvgIpc) is 2.90. The first kappa shape index (κ1) is 15.3. The van der Waals surface area contributed by atoms with Gasteiger partial charge in [-0.25, -0.2) is 0 Å². The molecule has 1 aliphatic rings. The number of ether oxygens (including phenoxy) is 3. The first-order valence-corrected chi connectivity index (χ1v) is 8.43. The van der Waals surface area contributed by atoms with Gasteiger partial charge in [0.2, 0.25) is 6.79 Å². The predicted octanol–water partition coefficient (Wildman–Crippen LogP) is 2.83. The van der Waals surface area contributed by atoms with Gasteiger partial charge in [-0.1, -0.05) is 6.92 Å². The summed E-state index contributed by atoms with van der Waals surface area (Å²) in [7, 11) is 0. The van der Waals surface area contributed by atoms with Gasteiger partial charge in [0, 0.05) is 12.1 Å². The van der Waals surface area contributed by atoms with Crippen molar-refractivity contribution in [1.29, 1.82) is 0 Å². The molecule has 0 bridgehead atoms. The molecule has 1 unspecified atom stereocenters. The van der Waals surface area contributed by atoms with E-state index in [1.54, 1.807) is 0 Å². The Balaban J connectivity index is 2.09. The van der Waals surface area contributed by atoms with E-state index in [4.69, 9.17) is 19.9 Å². The molecule has 2 rings (SSSR count). The fraction of sp³-hybridized carbons (Fsp3) is 0.600. The van der Waals surface area contributed by atoms with Crippen LogP contribution in [0.2, 0.25) is 0 Å². The van der Waals surface area contributed by atoms with Gasteiger partial charge in [-0.3, -0.25) is 0 Å². The Kier molecular flexibility index (Phi) is 5.86. The summed E-state index contributed by atoms with van der Waals surface area (Å²) in [5.41, 5.74) is 7.17. The van der Waals surface area contributed by atoms with Gasteiger partial charge in [-0.2, -0.15) is 11.8 Å². The molecule has 1 aromatic rings. The van der Waals surface area contributed by atoms with Crippen LogP contribution in [-0.4, -0.2) is 31.5 Å². The van der Waals surface area contributed by atoms with Crippen LogP contribution in [0.1, 0.15) is 25.3 Å². The lowest BCUT2D eigenvalue weighted by molar-refractivity contribution is 0.173. The first-order chi connectivity index (χ1) is 9.74. The lowest BCUT2D eigenvalue weighted by Crippen LogP contribution is -2.21. The minimum Gasteiger partial charge on any atom is -0.493 e. The van der Waals surface area contributed by atoms with Gasteiger partial charge < -0.3 is 19.9 Å². The van der Waals surface area contributed by atoms with E-state index < -0.39 is 0 Å². The number of hydrogen-bond donors (Lipinski definition) is 1. The second kappa shape index (κ2) is 7.64. The topological polar surface area (TPSA) is 53.7 Å². The zero-order valence-corrected chi connectivity index (χ0v) is 13.0. The summed E-state index contributed by atoms with van der Waals surface area (Å²) < 4.78 is 16.8. The number of rotatable bonds is 8. The summed E-state index contributed by atoms with van der Waals surface area (Å²) in [4.78, 5) is 0. The fourth-order valence-corrected chi connectivity index (χ4v) is 2.48. The van der Waals surface area contributed by atoms with Crippen LogP contribution in [0.15, 0.2) is 12.1 Å². The Morgan fingerprint density at radius 1 is 1.35 bits per heavy atom. The third-order valence-corrected chi connectivity index (χ3v) is 4.01. The summed E-state index contributed by atoms with van der Waals surface area (Å²) >= 11 is 1.83. The molecule has 1 aromatic carbocycles. The minimum atomic E-state index is 0.143. The molecule has 0 radical (unpaired) electrons. The number of fused-ring (bicyclic) bond motifs is 1. The third kappa shape index (κ3) is 3.96. The molecule has 0 aliphatic carbocycles. The molecule has 4 nitrogen and oxygen atoms in total. The second-order valence-electron chi connectivity index (χ2n) is 4.88. The lowest BCUT2D eigenvalue weighted by atomic mass is 10.0. The van der Waals surface area contributed by atoms with Gasteiger partial charge >= 0.3 is 0 Å². The predicted molar refractivity (Wildman–Crippen MR) is 83.0 cm³/mol. The van der Waals surface area contributed by atoms with Gasteiger partial charge in [0.05, 0.1) is 6.61 Å². The van der Waals surface area contributed by atoms with Crippen molar-refractivity contribution in [3.05, 3.63) is 17.7 Å². The van der Waals surface area contributed by atoms with Crippen LogP contribution in [0.4, 0.5) is 0 Å². The monoisotopic (exact) mass is 297 g/mol. The smallest absolute Gasteiger partial charge is 0.231 e. The van der Waals surface area contributed by atoms with Gasteiger partial charge in [0.1, 0.15) is 5.75 Å². The van der Waals surface area contributed by atoms with Crippen molar-refractivity contribution >= 4 is 11.8 Å². The Hall–Kier alpha value is -1.07. The van der Waals surface area contributed by atoms with E-state index in [1.165, 1.54) is 0 Å². The highest BCUT2D eigenvalue weighted by molar-refractivity contribution is 7.98. The highest BCUT2D eigenvalue weighted by Gasteiger charge is 2.19. The number of hydrogen-bond acceptors (Lipinski definition) is 5. The lowest BCUT2D eigenvalue weighted by Gasteiger charge is -2.15. The Labute approximate surface area is 125 Å². The van der Waals surface area contributed by atoms with Crippen LogP contribution < -0.4 is 19.9 Å². The van der Waals surface area contributed by atoms with E-state index in [2.05, 4.69) is 13.2 Å². The Morgan fingerprint density at radius 3 is 2.80 bits per heavy atom. The van der Waals surface area contributed by atoms with Crippen molar-refractivity contribution in [1.82, 2.24) is 0 Å². The molecule has 0 aromatic heterocycles. The van der Waals surface area contributed by atoms with Gasteiger partial charge in [-0.15, -0.1) is 0 Å². The molecule has 5 heteroatoms. The molecule has 112 valence electrons. The van der Waals surface area contributed by atoms with Crippen LogP contribution in [0, 0.1) is 0 Å². The number of benzene rings is 1. The molecule has 1 atom stereocenters. The molecule has 0 fully saturated rings. The van der Waals surface area contributed by atoms with E-state index in [0.717, 1.165) is 54.4 Å². The summed E-state index contributed by atoms with van der Waals surface area (Å²) in [6.07, 6.45) is 4.88. The third-order valence-electron chi connectivity index (χ3n) is 3.31. The molecule has 1 aliphatic heterocycles. The van der Waals surface area contributed by atoms with E-state index in [-0.39, 0.29) is 12.8 Å². The molecule has 0 spiro atoms. The van der Waals surface area contributed by atoms with Crippen LogP contribution >= 0.6 is 11.8 Å². The van der Waals surface area contributed by atoms with E-state index in [0.29, 0.717) is 0 Å². The molecular weight excluding hydrogens is 274 g/mol. The van der Waals surface area contributed by atoms with Crippen molar-refractivity contribution in [2.75, 3.05) is 25.4 Å². The maximum absolute atomic E-state index is 6.06. The molecule has 0 saturated heterocycles. The van der Waals surface area contributed by atoms with Crippen molar-refractivity contribution in [3.63, 3.8) is 0 Å². The van der Waals surface area contributed by atoms with Crippen LogP contribution in [0.25, 0.3) is 0 Å². The standard InChI is InChI=1S/C15H23NO3S/c1-3-12(16)7-11-8-14-15(19-10-18-14)9-13(11)17-5-4-6-20-2/h8-9,12H,3-7,10,16H2,1-2H3. The summed E-state index contributed by atoms with van der Waals surface area (Å²) in [5, 5.41) is 0. The summed E-state index contributed by atoms with van der Waals surface area (Å²) in [6.45, 7) is 3.09. The SMILES string of the molecule is CCC(N)Cc1cc2c(cc1OCCCSC)OCO2. The molecule has 1 heterocycles. The van der Waals surface area contributed by atoms with Crippen LogP contribution in [0.5, 0.6) is 17.2 Å². The number of nitrogens with two attached hydrogens (primary N) is 1. The van der Waals surface area contributed by atoms with E-state index >= 15 is 0 Å². The van der Waals surface area contributed by atoms with Crippen LogP contribution in [-0.2, 0) is 6.42 Å². The van der Waals surface area contributed by atoms with Gasteiger partial charge in [0.25, 0.3) is 0 Å². The average molecular weight is 297 g/mol. The van der Waals surface area contributed by atoms with Crippen molar-refractivity contribution in [2.45, 2.75) is 32.2 Å². The molecule has 20 heavy (non-hydrogen) atoms.